The average Bonchev–Trinajstić information content (AvgIpc) is 2.57. The van der Waals surface area contributed by atoms with Gasteiger partial charge in [-0.25, -0.2) is 4.39 Å². The predicted molar refractivity (Wildman–Crippen MR) is 92.8 cm³/mol. The van der Waals surface area contributed by atoms with Gasteiger partial charge in [0.05, 0.1) is 5.69 Å². The van der Waals surface area contributed by atoms with E-state index in [2.05, 4.69) is 5.32 Å². The SMILES string of the molecule is CCN(CC)c1ccc(CNC(=O)c2ccn(C)c(=O)c2)cc1F. The van der Waals surface area contributed by atoms with Gasteiger partial charge < -0.3 is 14.8 Å². The van der Waals surface area contributed by atoms with Crippen LogP contribution in [-0.4, -0.2) is 23.6 Å². The fourth-order valence-corrected chi connectivity index (χ4v) is 2.46. The van der Waals surface area contributed by atoms with Gasteiger partial charge in [0.25, 0.3) is 11.5 Å². The summed E-state index contributed by atoms with van der Waals surface area (Å²) in [7, 11) is 1.62. The second-order valence-electron chi connectivity index (χ2n) is 5.51. The van der Waals surface area contributed by atoms with Crippen molar-refractivity contribution in [2.45, 2.75) is 20.4 Å². The molecule has 6 heteroatoms. The number of aryl methyl sites for hydroxylation is 1. The monoisotopic (exact) mass is 331 g/mol. The van der Waals surface area contributed by atoms with Gasteiger partial charge >= 0.3 is 0 Å². The maximum Gasteiger partial charge on any atom is 0.251 e. The lowest BCUT2D eigenvalue weighted by molar-refractivity contribution is 0.0950. The number of aromatic nitrogens is 1. The Morgan fingerprint density at radius 1 is 1.21 bits per heavy atom. The number of hydrogen-bond acceptors (Lipinski definition) is 3. The Morgan fingerprint density at radius 3 is 2.50 bits per heavy atom. The number of pyridine rings is 1. The highest BCUT2D eigenvalue weighted by Gasteiger charge is 2.10. The maximum atomic E-state index is 14.2. The first-order chi connectivity index (χ1) is 11.5. The third-order valence-corrected chi connectivity index (χ3v) is 3.94. The van der Waals surface area contributed by atoms with E-state index < -0.39 is 0 Å². The smallest absolute Gasteiger partial charge is 0.251 e. The zero-order chi connectivity index (χ0) is 17.7. The second-order valence-corrected chi connectivity index (χ2v) is 5.51. The summed E-state index contributed by atoms with van der Waals surface area (Å²) in [6, 6.07) is 7.79. The fraction of sp³-hybridized carbons (Fsp3) is 0.333. The molecule has 0 spiro atoms. The summed E-state index contributed by atoms with van der Waals surface area (Å²) in [5.74, 6) is -0.667. The first-order valence-electron chi connectivity index (χ1n) is 7.94. The Bertz CT molecular complexity index is 782. The number of halogens is 1. The molecule has 0 fully saturated rings. The van der Waals surface area contributed by atoms with Gasteiger partial charge in [0.15, 0.2) is 0 Å². The van der Waals surface area contributed by atoms with Gasteiger partial charge in [-0.1, -0.05) is 6.07 Å². The van der Waals surface area contributed by atoms with Crippen LogP contribution in [0.1, 0.15) is 29.8 Å². The van der Waals surface area contributed by atoms with Crippen LogP contribution in [0.2, 0.25) is 0 Å². The Labute approximate surface area is 140 Å². The van der Waals surface area contributed by atoms with Crippen molar-refractivity contribution in [2.24, 2.45) is 7.05 Å². The van der Waals surface area contributed by atoms with Gasteiger partial charge in [-0.2, -0.15) is 0 Å². The van der Waals surface area contributed by atoms with E-state index in [1.165, 1.54) is 22.9 Å². The minimum absolute atomic E-state index is 0.198. The molecule has 0 aliphatic carbocycles. The molecule has 0 unspecified atom stereocenters. The van der Waals surface area contributed by atoms with Crippen molar-refractivity contribution in [3.63, 3.8) is 0 Å². The van der Waals surface area contributed by atoms with Crippen LogP contribution in [0.3, 0.4) is 0 Å². The van der Waals surface area contributed by atoms with Gasteiger partial charge in [0.2, 0.25) is 0 Å². The summed E-state index contributed by atoms with van der Waals surface area (Å²) >= 11 is 0. The summed E-state index contributed by atoms with van der Waals surface area (Å²) in [5.41, 5.74) is 1.26. The van der Waals surface area contributed by atoms with Gasteiger partial charge in [-0.15, -0.1) is 0 Å². The number of hydrogen-bond donors (Lipinski definition) is 1. The molecule has 0 atom stereocenters. The summed E-state index contributed by atoms with van der Waals surface area (Å²) in [5, 5.41) is 2.70. The molecular weight excluding hydrogens is 309 g/mol. The van der Waals surface area contributed by atoms with Gasteiger partial charge in [0, 0.05) is 44.5 Å². The molecule has 0 aliphatic rings. The predicted octanol–water partition coefficient (Wildman–Crippen LogP) is 2.30. The van der Waals surface area contributed by atoms with Crippen molar-refractivity contribution in [3.05, 3.63) is 63.8 Å². The lowest BCUT2D eigenvalue weighted by Crippen LogP contribution is -2.26. The van der Waals surface area contributed by atoms with E-state index in [1.807, 2.05) is 18.7 Å². The average molecular weight is 331 g/mol. The number of nitrogens with one attached hydrogen (secondary N) is 1. The molecule has 0 saturated carbocycles. The Balaban J connectivity index is 2.06. The standard InChI is InChI=1S/C18H22FN3O2/c1-4-22(5-2)16-7-6-13(10-15(16)19)12-20-18(24)14-8-9-21(3)17(23)11-14/h6-11H,4-5,12H2,1-3H3,(H,20,24). The van der Waals surface area contributed by atoms with E-state index in [0.717, 1.165) is 13.1 Å². The van der Waals surface area contributed by atoms with Crippen LogP contribution in [-0.2, 0) is 13.6 Å². The number of nitrogens with zero attached hydrogens (tertiary/aromatic N) is 2. The van der Waals surface area contributed by atoms with Crippen molar-refractivity contribution < 1.29 is 9.18 Å². The molecule has 1 heterocycles. The number of rotatable bonds is 6. The highest BCUT2D eigenvalue weighted by Crippen LogP contribution is 2.20. The van der Waals surface area contributed by atoms with E-state index in [1.54, 1.807) is 25.2 Å². The number of carbonyl (C=O) groups is 1. The van der Waals surface area contributed by atoms with Crippen molar-refractivity contribution in [3.8, 4) is 0 Å². The first-order valence-corrected chi connectivity index (χ1v) is 7.94. The molecular formula is C18H22FN3O2. The van der Waals surface area contributed by atoms with Gasteiger partial charge in [-0.05, 0) is 37.6 Å². The van der Waals surface area contributed by atoms with E-state index in [4.69, 9.17) is 0 Å². The maximum absolute atomic E-state index is 14.2. The molecule has 24 heavy (non-hydrogen) atoms. The van der Waals surface area contributed by atoms with Crippen LogP contribution in [0.15, 0.2) is 41.3 Å². The number of anilines is 1. The fourth-order valence-electron chi connectivity index (χ4n) is 2.46. The van der Waals surface area contributed by atoms with E-state index >= 15 is 0 Å². The first kappa shape index (κ1) is 17.7. The minimum atomic E-state index is -0.360. The van der Waals surface area contributed by atoms with Crippen LogP contribution >= 0.6 is 0 Å². The summed E-state index contributed by atoms with van der Waals surface area (Å²) < 4.78 is 15.6. The normalized spacial score (nSPS) is 10.5. The van der Waals surface area contributed by atoms with E-state index in [0.29, 0.717) is 16.8 Å². The molecule has 128 valence electrons. The molecule has 1 N–H and O–H groups in total. The van der Waals surface area contributed by atoms with Crippen molar-refractivity contribution in [2.75, 3.05) is 18.0 Å². The quantitative estimate of drug-likeness (QED) is 0.884. The Morgan fingerprint density at radius 2 is 1.92 bits per heavy atom. The molecule has 0 radical (unpaired) electrons. The lowest BCUT2D eigenvalue weighted by Gasteiger charge is -2.22. The van der Waals surface area contributed by atoms with Gasteiger partial charge in [0.1, 0.15) is 5.82 Å². The van der Waals surface area contributed by atoms with Crippen LogP contribution in [0, 0.1) is 5.82 Å². The zero-order valence-corrected chi connectivity index (χ0v) is 14.2. The number of carbonyl (C=O) groups excluding carboxylic acids is 1. The topological polar surface area (TPSA) is 54.3 Å². The van der Waals surface area contributed by atoms with Crippen LogP contribution in [0.4, 0.5) is 10.1 Å². The summed E-state index contributed by atoms with van der Waals surface area (Å²) in [6.07, 6.45) is 1.54. The molecule has 2 aromatic rings. The van der Waals surface area contributed by atoms with E-state index in [-0.39, 0.29) is 23.8 Å². The highest BCUT2D eigenvalue weighted by atomic mass is 19.1. The number of amides is 1. The Hall–Kier alpha value is -2.63. The van der Waals surface area contributed by atoms with Crippen molar-refractivity contribution in [1.82, 2.24) is 9.88 Å². The molecule has 1 aromatic heterocycles. The molecule has 2 rings (SSSR count). The number of benzene rings is 1. The molecule has 1 amide bonds. The third kappa shape index (κ3) is 4.01. The minimum Gasteiger partial charge on any atom is -0.370 e. The third-order valence-electron chi connectivity index (χ3n) is 3.94. The van der Waals surface area contributed by atoms with Crippen molar-refractivity contribution in [1.29, 1.82) is 0 Å². The largest absolute Gasteiger partial charge is 0.370 e. The van der Waals surface area contributed by atoms with Crippen LogP contribution in [0.25, 0.3) is 0 Å². The Kier molecular flexibility index (Phi) is 5.73. The van der Waals surface area contributed by atoms with E-state index in [9.17, 15) is 14.0 Å². The molecule has 1 aromatic carbocycles. The molecule has 0 aliphatic heterocycles. The summed E-state index contributed by atoms with van der Waals surface area (Å²) in [4.78, 5) is 25.6. The zero-order valence-electron chi connectivity index (χ0n) is 14.2. The molecule has 0 bridgehead atoms. The molecule has 0 saturated heterocycles. The van der Waals surface area contributed by atoms with Crippen molar-refractivity contribution >= 4 is 11.6 Å². The highest BCUT2D eigenvalue weighted by molar-refractivity contribution is 5.93. The van der Waals surface area contributed by atoms with Crippen LogP contribution < -0.4 is 15.8 Å². The van der Waals surface area contributed by atoms with Crippen LogP contribution in [0.5, 0.6) is 0 Å². The van der Waals surface area contributed by atoms with Gasteiger partial charge in [-0.3, -0.25) is 9.59 Å². The second kappa shape index (κ2) is 7.77. The summed E-state index contributed by atoms with van der Waals surface area (Å²) in [6.45, 7) is 5.60. The lowest BCUT2D eigenvalue weighted by atomic mass is 10.1. The molecule has 5 nitrogen and oxygen atoms in total.